The van der Waals surface area contributed by atoms with Crippen LogP contribution < -0.4 is 50.9 Å². The molecule has 4 fully saturated rings. The topological polar surface area (TPSA) is 649 Å². The van der Waals surface area contributed by atoms with Gasteiger partial charge in [-0.25, -0.2) is 28.4 Å². The predicted octanol–water partition coefficient (Wildman–Crippen LogP) is 5.14. The smallest absolute Gasteiger partial charge is 0.459 e. The van der Waals surface area contributed by atoms with E-state index in [0.29, 0.717) is 5.75 Å². The van der Waals surface area contributed by atoms with Gasteiger partial charge in [0.25, 0.3) is 0 Å². The van der Waals surface area contributed by atoms with Crippen LogP contribution >= 0.6 is 33.6 Å². The Balaban J connectivity index is 0.000000249. The zero-order valence-electron chi connectivity index (χ0n) is 81.4. The molecule has 0 radical (unpaired) electrons. The van der Waals surface area contributed by atoms with Crippen molar-refractivity contribution in [1.29, 1.82) is 0 Å². The van der Waals surface area contributed by atoms with Gasteiger partial charge in [-0.15, -0.1) is 0 Å². The second-order valence-corrected chi connectivity index (χ2v) is 43.3. The highest BCUT2D eigenvalue weighted by Gasteiger charge is 2.61. The number of ether oxygens (including phenoxy) is 9. The van der Waals surface area contributed by atoms with Crippen molar-refractivity contribution in [1.82, 2.24) is 45.5 Å². The zero-order chi connectivity index (χ0) is 106. The van der Waals surface area contributed by atoms with Crippen molar-refractivity contribution in [3.8, 4) is 17.2 Å². The van der Waals surface area contributed by atoms with E-state index in [1.54, 1.807) is 162 Å². The number of benzene rings is 3. The number of nitrogens with zero attached hydrogens (tertiary/aromatic N) is 4. The molecule has 0 bridgehead atoms. The summed E-state index contributed by atoms with van der Waals surface area (Å²) in [6.45, 7) is 24.9. The Kier molecular flexibility index (Phi) is 41.7. The molecule has 0 saturated carbocycles. The highest BCUT2D eigenvalue weighted by Crippen LogP contribution is 2.51. The number of carbonyl (C=O) groups excluding carboxylic acids is 13. The molecular formula is C90H129ClN11O36P3. The molecule has 15 N–H and O–H groups in total. The average molecular weight is 2070 g/mol. The molecule has 8 aliphatic rings. The Morgan fingerprint density at radius 3 is 0.965 bits per heavy atom. The molecule has 8 aliphatic heterocycles. The number of esters is 3. The summed E-state index contributed by atoms with van der Waals surface area (Å²) in [5.74, 6) is -4.70. The number of aliphatic hydroxyl groups is 6. The van der Waals surface area contributed by atoms with Gasteiger partial charge in [0.15, 0.2) is 48.0 Å². The molecule has 0 aliphatic carbocycles. The number of ketones is 4. The van der Waals surface area contributed by atoms with Crippen molar-refractivity contribution in [3.63, 3.8) is 0 Å². The lowest BCUT2D eigenvalue weighted by atomic mass is 9.91. The van der Waals surface area contributed by atoms with Crippen LogP contribution in [-0.4, -0.2) is 297 Å². The van der Waals surface area contributed by atoms with E-state index < -0.39 is 246 Å². The maximum Gasteiger partial charge on any atom is 0.459 e. The molecule has 141 heavy (non-hydrogen) atoms. The first kappa shape index (κ1) is 118. The van der Waals surface area contributed by atoms with E-state index in [-0.39, 0.29) is 60.3 Å². The largest absolute Gasteiger partial charge is 0.462 e. The molecule has 0 aromatic heterocycles. The fourth-order valence-corrected chi connectivity index (χ4v) is 19.0. The van der Waals surface area contributed by atoms with Crippen LogP contribution in [0.3, 0.4) is 0 Å². The molecular weight excluding hydrogens is 1940 g/mol. The summed E-state index contributed by atoms with van der Waals surface area (Å²) >= 11 is 5.76. The Morgan fingerprint density at radius 1 is 0.418 bits per heavy atom. The molecule has 11 rings (SSSR count). The van der Waals surface area contributed by atoms with Crippen molar-refractivity contribution in [2.75, 3.05) is 26.4 Å². The van der Waals surface area contributed by atoms with Gasteiger partial charge in [0, 0.05) is 36.0 Å². The lowest BCUT2D eigenvalue weighted by Crippen LogP contribution is -2.64. The first-order chi connectivity index (χ1) is 65.4. The quantitative estimate of drug-likeness (QED) is 0.0166. The number of nitrogens with one attached hydrogen (secondary N) is 5. The van der Waals surface area contributed by atoms with Gasteiger partial charge in [0.1, 0.15) is 106 Å². The second kappa shape index (κ2) is 49.9. The standard InChI is InChI=1S/C28H40N3O11P.C23H32N3O9P.C16H24N2O7.C12H17ClNO4P.C11H16N2O5/c1-17(2)39-24(35)18(3)30-43(37,42-20-11-9-8-10-12-20)38-16-21-23(34)28(7,29-26(36)41-27(4,5)6)25(40-21)31-14-13-19(32)15-22(31)33;1-14(2)33-21(30)15(3)25-36(31,35-17-8-6-5-7-9-17)32-13-18-20(29)23(4,24)22(34-18)26-11-10-16(27)12-19(26)28;1-15(2,3)25-14(23)17-16(4)12(22)10(8-19)24-13(16)18-6-5-9(20)7-11(18)21;1-9(2)17-12(15)10(3)14-19(13,16)18-11-7-5-4-6-8-11;1-11(12)9(17)7(5-14)18-10(11)13-3-2-6(15)4-8(13)16/h8-14,17-18,21,23,25,34H,15-16H2,1-7H3,(H,29,36)(H,30,37);5-11,14-15,18,20,22,29H,12-13,24H2,1-4H3,(H,25,31);5-6,10,12-13,19,22H,7-8H2,1-4H3,(H,17,23);4-10H,1-3H3,(H,14,16);2-3,7,9-10,14,17H,4-5,12H2,1H3/t18-,21+,23+,25+,28+,43?;15-,18+,20+,22+,23+,36?;10-,12-,13-,16-;10-,19?;7-,9-,10-,11-/m00101/s1. The minimum atomic E-state index is -4.34. The zero-order valence-corrected chi connectivity index (χ0v) is 84.9. The first-order valence-electron chi connectivity index (χ1n) is 44.6. The molecule has 3 aromatic carbocycles. The van der Waals surface area contributed by atoms with Crippen LogP contribution in [0.4, 0.5) is 9.59 Å². The molecule has 8 heterocycles. The molecule has 782 valence electrons. The number of carbonyl (C=O) groups is 13. The molecule has 51 heteroatoms. The lowest BCUT2D eigenvalue weighted by Gasteiger charge is -2.39. The Labute approximate surface area is 820 Å². The van der Waals surface area contributed by atoms with E-state index >= 15 is 0 Å². The van der Waals surface area contributed by atoms with Crippen LogP contribution in [0.25, 0.3) is 0 Å². The molecule has 3 aromatic rings. The number of halogens is 1. The van der Waals surface area contributed by atoms with Crippen molar-refractivity contribution in [2.24, 2.45) is 11.5 Å². The number of allylic oxidation sites excluding steroid dienone is 4. The maximum atomic E-state index is 13.9. The summed E-state index contributed by atoms with van der Waals surface area (Å²) in [6.07, 6.45) is -8.19. The van der Waals surface area contributed by atoms with Gasteiger partial charge in [-0.3, -0.25) is 81.4 Å². The van der Waals surface area contributed by atoms with Gasteiger partial charge in [-0.1, -0.05) is 54.6 Å². The predicted molar refractivity (Wildman–Crippen MR) is 499 cm³/mol. The monoisotopic (exact) mass is 2070 g/mol. The van der Waals surface area contributed by atoms with Gasteiger partial charge in [-0.2, -0.15) is 10.2 Å². The highest BCUT2D eigenvalue weighted by atomic mass is 35.7. The fraction of sp³-hybridized carbons (Fsp3) is 0.567. The Bertz CT molecular complexity index is 5180. The van der Waals surface area contributed by atoms with Gasteiger partial charge >= 0.3 is 52.5 Å². The third kappa shape index (κ3) is 33.5. The van der Waals surface area contributed by atoms with Gasteiger partial charge in [0.2, 0.25) is 23.6 Å². The summed E-state index contributed by atoms with van der Waals surface area (Å²) < 4.78 is 116. The van der Waals surface area contributed by atoms with Crippen molar-refractivity contribution < 1.29 is 172 Å². The summed E-state index contributed by atoms with van der Waals surface area (Å²) in [5, 5.41) is 73.8. The van der Waals surface area contributed by atoms with Crippen LogP contribution in [0.5, 0.6) is 17.2 Å². The number of amides is 6. The first-order valence-corrected chi connectivity index (χ1v) is 50.2. The molecule has 22 atom stereocenters. The molecule has 3 unspecified atom stereocenters. The number of hydrogen-bond acceptors (Lipinski definition) is 38. The van der Waals surface area contributed by atoms with Crippen molar-refractivity contribution in [3.05, 3.63) is 140 Å². The van der Waals surface area contributed by atoms with Crippen LogP contribution in [0.2, 0.25) is 0 Å². The normalized spacial score (nSPS) is 28.4. The third-order valence-corrected chi connectivity index (χ3v) is 26.1. The highest BCUT2D eigenvalue weighted by molar-refractivity contribution is 7.84. The summed E-state index contributed by atoms with van der Waals surface area (Å²) in [5.41, 5.74) is 4.83. The van der Waals surface area contributed by atoms with E-state index in [9.17, 15) is 102 Å². The fourth-order valence-electron chi connectivity index (χ4n) is 14.3. The van der Waals surface area contributed by atoms with Crippen LogP contribution in [0.1, 0.15) is 157 Å². The number of aliphatic hydroxyl groups excluding tert-OH is 6. The third-order valence-electron chi connectivity index (χ3n) is 21.2. The summed E-state index contributed by atoms with van der Waals surface area (Å²) in [6, 6.07) is 21.7. The number of alkyl carbamates (subject to hydrolysis) is 2. The molecule has 0 spiro atoms. The molecule has 6 amide bonds. The maximum absolute atomic E-state index is 13.9. The summed E-state index contributed by atoms with van der Waals surface area (Å²) in [4.78, 5) is 161. The van der Waals surface area contributed by atoms with Gasteiger partial charge < -0.3 is 109 Å². The van der Waals surface area contributed by atoms with Crippen molar-refractivity contribution >= 4 is 110 Å². The van der Waals surface area contributed by atoms with E-state index in [1.165, 1.54) is 115 Å². The van der Waals surface area contributed by atoms with E-state index in [4.69, 9.17) is 93.1 Å². The summed E-state index contributed by atoms with van der Waals surface area (Å²) in [7, 11) is -8.55. The molecule has 47 nitrogen and oxygen atoms in total. The number of hydrogen-bond donors (Lipinski definition) is 13. The second-order valence-electron chi connectivity index (χ2n) is 37.1. The minimum Gasteiger partial charge on any atom is -0.462 e. The van der Waals surface area contributed by atoms with Crippen LogP contribution in [-0.2, 0) is 118 Å². The van der Waals surface area contributed by atoms with Crippen molar-refractivity contribution in [2.45, 2.75) is 301 Å². The minimum absolute atomic E-state index is 0.165. The van der Waals surface area contributed by atoms with Crippen LogP contribution in [0.15, 0.2) is 140 Å². The number of nitrogens with two attached hydrogens (primary N) is 2. The average Bonchev–Trinajstić information content (AvgIpc) is 1.61. The van der Waals surface area contributed by atoms with Gasteiger partial charge in [-0.05, 0) is 192 Å². The van der Waals surface area contributed by atoms with Gasteiger partial charge in [0.05, 0.1) is 81.5 Å². The Morgan fingerprint density at radius 2 is 0.674 bits per heavy atom. The van der Waals surface area contributed by atoms with E-state index in [2.05, 4.69) is 25.9 Å². The lowest BCUT2D eigenvalue weighted by molar-refractivity contribution is -0.150. The number of rotatable bonds is 32. The Hall–Kier alpha value is -10.2. The van der Waals surface area contributed by atoms with E-state index in [1.807, 2.05) is 0 Å². The van der Waals surface area contributed by atoms with Crippen LogP contribution in [0, 0.1) is 0 Å². The van der Waals surface area contributed by atoms with E-state index in [0.717, 1.165) is 14.7 Å². The SMILES string of the molecule is CC(C)(C)OC(=O)N[C@]1(C)[C@H](O)[C@@H](CO)O[C@H]1N1C=CC(=O)CC1=O.CC(C)OC(=O)[C@H](C)NP(=O)(Cl)Oc1ccccc1.CC(C)OC(=O)[C@H](C)NP(=O)(OC[C@H]1O[C@@H](N2C=CC(=O)CC2=O)[C@](C)(N)[C@@H]1O)Oc1ccccc1.CC(C)OC(=O)[C@H](C)NP(=O)(OC[C@H]1O[C@@H](N2C=CC(=O)CC2=O)[C@](C)(NC(=O)OC(C)(C)C)[C@@H]1O)Oc1ccccc1.C[C@@]1(N)[C@H](O)[C@@H](CO)O[C@H]1N1C=CC(=O)CC1=O. The number of para-hydroxylation sites is 3. The molecule has 4 saturated heterocycles.